The van der Waals surface area contributed by atoms with Crippen LogP contribution in [0.15, 0.2) is 39.9 Å². The van der Waals surface area contributed by atoms with Gasteiger partial charge in [-0.05, 0) is 35.7 Å². The van der Waals surface area contributed by atoms with Crippen molar-refractivity contribution in [3.8, 4) is 0 Å². The van der Waals surface area contributed by atoms with Gasteiger partial charge in [-0.15, -0.1) is 11.3 Å². The summed E-state index contributed by atoms with van der Waals surface area (Å²) in [6, 6.07) is 7.31. The van der Waals surface area contributed by atoms with Crippen molar-refractivity contribution in [3.63, 3.8) is 0 Å². The summed E-state index contributed by atoms with van der Waals surface area (Å²) < 4.78 is 26.2. The van der Waals surface area contributed by atoms with Crippen molar-refractivity contribution in [2.24, 2.45) is 0 Å². The maximum absolute atomic E-state index is 12.1. The van der Waals surface area contributed by atoms with Crippen molar-refractivity contribution in [1.29, 1.82) is 0 Å². The summed E-state index contributed by atoms with van der Waals surface area (Å²) in [6.45, 7) is 0. The van der Waals surface area contributed by atoms with Crippen molar-refractivity contribution in [2.75, 3.05) is 4.72 Å². The molecule has 0 atom stereocenters. The highest BCUT2D eigenvalue weighted by molar-refractivity contribution is 7.94. The third-order valence-corrected chi connectivity index (χ3v) is 5.32. The first-order valence-corrected chi connectivity index (χ1v) is 7.73. The Kier molecular flexibility index (Phi) is 3.79. The maximum atomic E-state index is 12.1. The second-order valence-corrected chi connectivity index (χ2v) is 6.77. The average molecular weight is 318 g/mol. The number of nitrogens with one attached hydrogen (secondary N) is 1. The van der Waals surface area contributed by atoms with Crippen LogP contribution in [0.1, 0.15) is 10.4 Å². The topological polar surface area (TPSA) is 83.5 Å². The Morgan fingerprint density at radius 2 is 1.84 bits per heavy atom. The maximum Gasteiger partial charge on any atom is 0.337 e. The standard InChI is InChI=1S/C11H8ClNO4S2/c12-7-1-3-8(4-2-7)13-19(16,17)11-9(10(14)15)5-6-18-11/h1-6,13H,(H,14,15). The fourth-order valence-corrected chi connectivity index (χ4v) is 3.90. The lowest BCUT2D eigenvalue weighted by molar-refractivity contribution is 0.0693. The Hall–Kier alpha value is -1.57. The van der Waals surface area contributed by atoms with E-state index in [1.54, 1.807) is 0 Å². The number of carboxylic acid groups (broad SMARTS) is 1. The van der Waals surface area contributed by atoms with Crippen molar-refractivity contribution in [1.82, 2.24) is 0 Å². The molecule has 2 N–H and O–H groups in total. The monoisotopic (exact) mass is 317 g/mol. The number of hydrogen-bond acceptors (Lipinski definition) is 4. The van der Waals surface area contributed by atoms with E-state index >= 15 is 0 Å². The zero-order valence-corrected chi connectivity index (χ0v) is 11.7. The van der Waals surface area contributed by atoms with Crippen LogP contribution in [-0.4, -0.2) is 19.5 Å². The van der Waals surface area contributed by atoms with E-state index in [1.165, 1.54) is 35.7 Å². The number of anilines is 1. The molecule has 1 aromatic heterocycles. The molecule has 2 aromatic rings. The average Bonchev–Trinajstić information content (AvgIpc) is 2.82. The van der Waals surface area contributed by atoms with Gasteiger partial charge in [-0.25, -0.2) is 13.2 Å². The van der Waals surface area contributed by atoms with E-state index in [4.69, 9.17) is 16.7 Å². The van der Waals surface area contributed by atoms with E-state index in [-0.39, 0.29) is 9.77 Å². The highest BCUT2D eigenvalue weighted by Crippen LogP contribution is 2.25. The first-order chi connectivity index (χ1) is 8.90. The number of halogens is 1. The zero-order chi connectivity index (χ0) is 14.0. The van der Waals surface area contributed by atoms with E-state index in [2.05, 4.69) is 4.72 Å². The summed E-state index contributed by atoms with van der Waals surface area (Å²) in [6.07, 6.45) is 0. The highest BCUT2D eigenvalue weighted by Gasteiger charge is 2.23. The van der Waals surface area contributed by atoms with Crippen molar-refractivity contribution in [2.45, 2.75) is 4.21 Å². The summed E-state index contributed by atoms with van der Waals surface area (Å²) >= 11 is 6.55. The van der Waals surface area contributed by atoms with Crippen LogP contribution >= 0.6 is 22.9 Å². The van der Waals surface area contributed by atoms with Gasteiger partial charge >= 0.3 is 5.97 Å². The number of benzene rings is 1. The lowest BCUT2D eigenvalue weighted by atomic mass is 10.3. The van der Waals surface area contributed by atoms with Crippen LogP contribution in [0.5, 0.6) is 0 Å². The van der Waals surface area contributed by atoms with Gasteiger partial charge in [-0.2, -0.15) is 0 Å². The molecule has 0 saturated carbocycles. The molecule has 100 valence electrons. The van der Waals surface area contributed by atoms with Crippen LogP contribution in [0.2, 0.25) is 5.02 Å². The number of carboxylic acids is 1. The zero-order valence-electron chi connectivity index (χ0n) is 9.33. The lowest BCUT2D eigenvalue weighted by Crippen LogP contribution is -2.14. The molecule has 0 radical (unpaired) electrons. The molecular formula is C11H8ClNO4S2. The van der Waals surface area contributed by atoms with Gasteiger partial charge in [0.1, 0.15) is 0 Å². The van der Waals surface area contributed by atoms with Gasteiger partial charge in [0.15, 0.2) is 4.21 Å². The van der Waals surface area contributed by atoms with Crippen LogP contribution in [-0.2, 0) is 10.0 Å². The minimum Gasteiger partial charge on any atom is -0.478 e. The molecule has 0 aliphatic carbocycles. The Labute approximate surface area is 118 Å². The summed E-state index contributed by atoms with van der Waals surface area (Å²) in [5.41, 5.74) is 0.0700. The van der Waals surface area contributed by atoms with Crippen LogP contribution in [0.3, 0.4) is 0 Å². The summed E-state index contributed by atoms with van der Waals surface area (Å²) in [4.78, 5) is 10.9. The Bertz CT molecular complexity index is 707. The molecule has 0 bridgehead atoms. The number of hydrogen-bond donors (Lipinski definition) is 2. The Morgan fingerprint density at radius 3 is 2.42 bits per heavy atom. The summed E-state index contributed by atoms with van der Waals surface area (Å²) in [7, 11) is -3.91. The molecule has 0 unspecified atom stereocenters. The normalized spacial score (nSPS) is 11.2. The minimum absolute atomic E-state index is 0.227. The first-order valence-electron chi connectivity index (χ1n) is 4.99. The van der Waals surface area contributed by atoms with Crippen LogP contribution in [0.25, 0.3) is 0 Å². The molecule has 0 aliphatic heterocycles. The van der Waals surface area contributed by atoms with Crippen LogP contribution in [0, 0.1) is 0 Å². The van der Waals surface area contributed by atoms with Gasteiger partial charge in [0.2, 0.25) is 0 Å². The van der Waals surface area contributed by atoms with Crippen molar-refractivity contribution >= 4 is 44.6 Å². The van der Waals surface area contributed by atoms with Crippen LogP contribution < -0.4 is 4.72 Å². The summed E-state index contributed by atoms with van der Waals surface area (Å²) in [5.74, 6) is -1.28. The molecule has 5 nitrogen and oxygen atoms in total. The van der Waals surface area contributed by atoms with Gasteiger partial charge in [0.05, 0.1) is 5.56 Å². The van der Waals surface area contributed by atoms with Crippen molar-refractivity contribution < 1.29 is 18.3 Å². The number of aromatic carboxylic acids is 1. The SMILES string of the molecule is O=C(O)c1ccsc1S(=O)(=O)Nc1ccc(Cl)cc1. The quantitative estimate of drug-likeness (QED) is 0.908. The molecule has 0 amide bonds. The second-order valence-electron chi connectivity index (χ2n) is 3.54. The van der Waals surface area contributed by atoms with Crippen molar-refractivity contribution in [3.05, 3.63) is 46.3 Å². The molecule has 0 saturated heterocycles. The second kappa shape index (κ2) is 5.20. The molecule has 0 spiro atoms. The number of rotatable bonds is 4. The Morgan fingerprint density at radius 1 is 1.21 bits per heavy atom. The van der Waals surface area contributed by atoms with Gasteiger partial charge < -0.3 is 5.11 Å². The van der Waals surface area contributed by atoms with E-state index in [0.717, 1.165) is 11.3 Å². The van der Waals surface area contributed by atoms with E-state index in [9.17, 15) is 13.2 Å². The number of sulfonamides is 1. The van der Waals surface area contributed by atoms with Crippen LogP contribution in [0.4, 0.5) is 5.69 Å². The van der Waals surface area contributed by atoms with Gasteiger partial charge in [-0.1, -0.05) is 11.6 Å². The van der Waals surface area contributed by atoms with Gasteiger partial charge in [-0.3, -0.25) is 4.72 Å². The third-order valence-electron chi connectivity index (χ3n) is 2.20. The number of thiophene rings is 1. The highest BCUT2D eigenvalue weighted by atomic mass is 35.5. The van der Waals surface area contributed by atoms with Gasteiger partial charge in [0, 0.05) is 10.7 Å². The molecule has 2 rings (SSSR count). The molecular weight excluding hydrogens is 310 g/mol. The molecule has 8 heteroatoms. The number of carbonyl (C=O) groups is 1. The lowest BCUT2D eigenvalue weighted by Gasteiger charge is -2.07. The van der Waals surface area contributed by atoms with Gasteiger partial charge in [0.25, 0.3) is 10.0 Å². The molecule has 1 aromatic carbocycles. The molecule has 0 fully saturated rings. The summed E-state index contributed by atoms with van der Waals surface area (Å²) in [5, 5.41) is 10.8. The molecule has 0 aliphatic rings. The fraction of sp³-hybridized carbons (Fsp3) is 0. The van der Waals surface area contributed by atoms with E-state index < -0.39 is 16.0 Å². The predicted molar refractivity (Wildman–Crippen MR) is 73.5 cm³/mol. The van der Waals surface area contributed by atoms with E-state index in [1.807, 2.05) is 0 Å². The third kappa shape index (κ3) is 3.06. The minimum atomic E-state index is -3.91. The smallest absolute Gasteiger partial charge is 0.337 e. The van der Waals surface area contributed by atoms with E-state index in [0.29, 0.717) is 10.7 Å². The fourth-order valence-electron chi connectivity index (χ4n) is 1.38. The largest absolute Gasteiger partial charge is 0.478 e. The first kappa shape index (κ1) is 13.9. The molecule has 19 heavy (non-hydrogen) atoms. The predicted octanol–water partition coefficient (Wildman–Crippen LogP) is 2.90. The molecule has 1 heterocycles. The Balaban J connectivity index is 2.35.